The standard InChI is InChI=1S/C17H24N2O2/c1-12-5-8-14(21-2)11-15(12)18-17(20)16(13-6-7-13)19-9-3-4-10-19/h5,8,11,13,16H,3-4,6-7,9-10H2,1-2H3,(H,18,20)/t16-/m0/s1. The van der Waals surface area contributed by atoms with Gasteiger partial charge in [0.05, 0.1) is 13.2 Å². The summed E-state index contributed by atoms with van der Waals surface area (Å²) in [6.45, 7) is 4.13. The average Bonchev–Trinajstić information content (AvgIpc) is 3.16. The summed E-state index contributed by atoms with van der Waals surface area (Å²) in [7, 11) is 1.65. The summed E-state index contributed by atoms with van der Waals surface area (Å²) in [5.41, 5.74) is 1.93. The number of benzene rings is 1. The van der Waals surface area contributed by atoms with Crippen molar-refractivity contribution >= 4 is 11.6 Å². The summed E-state index contributed by atoms with van der Waals surface area (Å²) < 4.78 is 5.25. The number of hydrogen-bond donors (Lipinski definition) is 1. The van der Waals surface area contributed by atoms with Gasteiger partial charge in [-0.3, -0.25) is 9.69 Å². The zero-order valence-corrected chi connectivity index (χ0v) is 12.9. The minimum Gasteiger partial charge on any atom is -0.497 e. The van der Waals surface area contributed by atoms with Crippen LogP contribution in [0.2, 0.25) is 0 Å². The van der Waals surface area contributed by atoms with Crippen molar-refractivity contribution in [2.24, 2.45) is 5.92 Å². The lowest BCUT2D eigenvalue weighted by atomic mass is 10.1. The summed E-state index contributed by atoms with van der Waals surface area (Å²) in [5, 5.41) is 3.12. The van der Waals surface area contributed by atoms with Crippen molar-refractivity contribution < 1.29 is 9.53 Å². The number of ether oxygens (including phenoxy) is 1. The number of nitrogens with one attached hydrogen (secondary N) is 1. The molecule has 3 rings (SSSR count). The van der Waals surface area contributed by atoms with Crippen LogP contribution in [0.5, 0.6) is 5.75 Å². The Bertz CT molecular complexity index is 520. The molecule has 1 aromatic rings. The lowest BCUT2D eigenvalue weighted by Gasteiger charge is -2.26. The highest BCUT2D eigenvalue weighted by atomic mass is 16.5. The second kappa shape index (κ2) is 6.06. The number of carbonyl (C=O) groups excluding carboxylic acids is 1. The smallest absolute Gasteiger partial charge is 0.242 e. The normalized spacial score (nSPS) is 20.3. The van der Waals surface area contributed by atoms with E-state index in [-0.39, 0.29) is 11.9 Å². The summed E-state index contributed by atoms with van der Waals surface area (Å²) in [6, 6.07) is 5.86. The summed E-state index contributed by atoms with van der Waals surface area (Å²) >= 11 is 0. The van der Waals surface area contributed by atoms with Gasteiger partial charge in [-0.2, -0.15) is 0 Å². The SMILES string of the molecule is COc1ccc(C)c(NC(=O)[C@H](C2CC2)N2CCCC2)c1. The van der Waals surface area contributed by atoms with Crippen LogP contribution in [0.25, 0.3) is 0 Å². The lowest BCUT2D eigenvalue weighted by Crippen LogP contribution is -2.44. The van der Waals surface area contributed by atoms with Crippen molar-refractivity contribution in [3.63, 3.8) is 0 Å². The molecule has 1 saturated heterocycles. The Morgan fingerprint density at radius 3 is 2.67 bits per heavy atom. The fourth-order valence-electron chi connectivity index (χ4n) is 3.18. The van der Waals surface area contributed by atoms with Gasteiger partial charge in [0.1, 0.15) is 5.75 Å². The second-order valence-electron chi connectivity index (χ2n) is 6.20. The van der Waals surface area contributed by atoms with Gasteiger partial charge >= 0.3 is 0 Å². The van der Waals surface area contributed by atoms with Crippen LogP contribution in [-0.4, -0.2) is 37.0 Å². The van der Waals surface area contributed by atoms with Gasteiger partial charge in [0.25, 0.3) is 0 Å². The van der Waals surface area contributed by atoms with Crippen molar-refractivity contribution in [2.45, 2.75) is 38.6 Å². The van der Waals surface area contributed by atoms with E-state index in [0.717, 1.165) is 30.1 Å². The molecule has 1 atom stereocenters. The molecule has 1 aromatic carbocycles. The van der Waals surface area contributed by atoms with Crippen molar-refractivity contribution in [3.8, 4) is 5.75 Å². The fraction of sp³-hybridized carbons (Fsp3) is 0.588. The van der Waals surface area contributed by atoms with E-state index in [2.05, 4.69) is 10.2 Å². The van der Waals surface area contributed by atoms with E-state index in [9.17, 15) is 4.79 Å². The highest BCUT2D eigenvalue weighted by molar-refractivity contribution is 5.96. The van der Waals surface area contributed by atoms with Gasteiger partial charge in [-0.05, 0) is 63.2 Å². The van der Waals surface area contributed by atoms with E-state index in [0.29, 0.717) is 5.92 Å². The molecule has 2 fully saturated rings. The Morgan fingerprint density at radius 1 is 1.33 bits per heavy atom. The van der Waals surface area contributed by atoms with Crippen LogP contribution in [0, 0.1) is 12.8 Å². The van der Waals surface area contributed by atoms with E-state index in [1.165, 1.54) is 25.7 Å². The van der Waals surface area contributed by atoms with E-state index < -0.39 is 0 Å². The first kappa shape index (κ1) is 14.4. The minimum absolute atomic E-state index is 0.0538. The van der Waals surface area contributed by atoms with Crippen molar-refractivity contribution in [3.05, 3.63) is 23.8 Å². The molecule has 1 aliphatic carbocycles. The summed E-state index contributed by atoms with van der Waals surface area (Å²) in [5.74, 6) is 1.48. The summed E-state index contributed by atoms with van der Waals surface area (Å²) in [4.78, 5) is 15.1. The first-order valence-electron chi connectivity index (χ1n) is 7.88. The number of anilines is 1. The van der Waals surface area contributed by atoms with Gasteiger partial charge in [-0.1, -0.05) is 6.07 Å². The van der Waals surface area contributed by atoms with Crippen molar-refractivity contribution in [1.29, 1.82) is 0 Å². The zero-order valence-electron chi connectivity index (χ0n) is 12.9. The number of rotatable bonds is 5. The van der Waals surface area contributed by atoms with Gasteiger partial charge < -0.3 is 10.1 Å². The quantitative estimate of drug-likeness (QED) is 0.906. The maximum absolute atomic E-state index is 12.7. The molecule has 1 heterocycles. The third-order valence-electron chi connectivity index (χ3n) is 4.57. The molecule has 114 valence electrons. The van der Waals surface area contributed by atoms with Gasteiger partial charge in [0, 0.05) is 11.8 Å². The van der Waals surface area contributed by atoms with Crippen LogP contribution in [0.1, 0.15) is 31.2 Å². The molecule has 0 radical (unpaired) electrons. The fourth-order valence-corrected chi connectivity index (χ4v) is 3.18. The molecule has 1 N–H and O–H groups in total. The molecule has 1 amide bonds. The maximum Gasteiger partial charge on any atom is 0.242 e. The molecule has 21 heavy (non-hydrogen) atoms. The topological polar surface area (TPSA) is 41.6 Å². The molecular weight excluding hydrogens is 264 g/mol. The number of amides is 1. The number of nitrogens with zero attached hydrogens (tertiary/aromatic N) is 1. The van der Waals surface area contributed by atoms with Gasteiger partial charge in [-0.25, -0.2) is 0 Å². The highest BCUT2D eigenvalue weighted by Gasteiger charge is 2.40. The highest BCUT2D eigenvalue weighted by Crippen LogP contribution is 2.37. The third kappa shape index (κ3) is 3.21. The Balaban J connectivity index is 1.74. The van der Waals surface area contributed by atoms with Crippen LogP contribution in [0.15, 0.2) is 18.2 Å². The average molecular weight is 288 g/mol. The molecule has 0 bridgehead atoms. The largest absolute Gasteiger partial charge is 0.497 e. The monoisotopic (exact) mass is 288 g/mol. The number of hydrogen-bond acceptors (Lipinski definition) is 3. The molecule has 1 aliphatic heterocycles. The maximum atomic E-state index is 12.7. The summed E-state index contributed by atoms with van der Waals surface area (Å²) in [6.07, 6.45) is 4.81. The molecule has 0 spiro atoms. The van der Waals surface area contributed by atoms with E-state index >= 15 is 0 Å². The van der Waals surface area contributed by atoms with Crippen LogP contribution in [0.3, 0.4) is 0 Å². The van der Waals surface area contributed by atoms with Crippen LogP contribution in [0.4, 0.5) is 5.69 Å². The second-order valence-corrected chi connectivity index (χ2v) is 6.20. The molecular formula is C17H24N2O2. The molecule has 4 nitrogen and oxygen atoms in total. The zero-order chi connectivity index (χ0) is 14.8. The van der Waals surface area contributed by atoms with Crippen molar-refractivity contribution in [2.75, 3.05) is 25.5 Å². The third-order valence-corrected chi connectivity index (χ3v) is 4.57. The number of likely N-dealkylation sites (tertiary alicyclic amines) is 1. The van der Waals surface area contributed by atoms with Gasteiger partial charge in [-0.15, -0.1) is 0 Å². The number of aryl methyl sites for hydroxylation is 1. The predicted molar refractivity (Wildman–Crippen MR) is 83.7 cm³/mol. The Hall–Kier alpha value is -1.55. The Morgan fingerprint density at radius 2 is 2.05 bits per heavy atom. The van der Waals surface area contributed by atoms with E-state index in [1.807, 2.05) is 25.1 Å². The molecule has 1 saturated carbocycles. The first-order chi connectivity index (χ1) is 10.2. The Kier molecular flexibility index (Phi) is 4.15. The molecule has 0 aromatic heterocycles. The number of carbonyl (C=O) groups is 1. The van der Waals surface area contributed by atoms with Gasteiger partial charge in [0.15, 0.2) is 0 Å². The first-order valence-corrected chi connectivity index (χ1v) is 7.88. The van der Waals surface area contributed by atoms with Crippen LogP contribution < -0.4 is 10.1 Å². The van der Waals surface area contributed by atoms with Crippen LogP contribution in [-0.2, 0) is 4.79 Å². The Labute approximate surface area is 126 Å². The lowest BCUT2D eigenvalue weighted by molar-refractivity contribution is -0.121. The van der Waals surface area contributed by atoms with Crippen LogP contribution >= 0.6 is 0 Å². The molecule has 0 unspecified atom stereocenters. The number of methoxy groups -OCH3 is 1. The molecule has 4 heteroatoms. The molecule has 2 aliphatic rings. The predicted octanol–water partition coefficient (Wildman–Crippen LogP) is 2.82. The van der Waals surface area contributed by atoms with Crippen molar-refractivity contribution in [1.82, 2.24) is 4.90 Å². The van der Waals surface area contributed by atoms with E-state index in [4.69, 9.17) is 4.74 Å². The van der Waals surface area contributed by atoms with E-state index in [1.54, 1.807) is 7.11 Å². The van der Waals surface area contributed by atoms with Gasteiger partial charge in [0.2, 0.25) is 5.91 Å². The minimum atomic E-state index is 0.0538.